The molecule has 2 aromatic heterocycles. The van der Waals surface area contributed by atoms with Gasteiger partial charge in [0, 0.05) is 30.0 Å². The van der Waals surface area contributed by atoms with Crippen molar-refractivity contribution in [2.45, 2.75) is 19.8 Å². The first-order chi connectivity index (χ1) is 10.3. The summed E-state index contributed by atoms with van der Waals surface area (Å²) in [5, 5.41) is 9.43. The third-order valence-corrected chi connectivity index (χ3v) is 4.02. The highest BCUT2D eigenvalue weighted by atomic mass is 32.1. The molecule has 0 aliphatic carbocycles. The fourth-order valence-corrected chi connectivity index (χ4v) is 2.72. The molecular weight excluding hydrogens is 282 g/mol. The van der Waals surface area contributed by atoms with Crippen molar-refractivity contribution in [1.82, 2.24) is 10.1 Å². The Hall–Kier alpha value is -2.14. The van der Waals surface area contributed by atoms with Crippen molar-refractivity contribution in [3.8, 4) is 0 Å². The standard InChI is InChI=1S/C16H17N3OS/c1-12-4-6-13(7-5-12)17-9-8-16-18-15(19-20-16)11-14-3-2-10-21-14/h2-7,10,17H,8-9,11H2,1H3. The second-order valence-electron chi connectivity index (χ2n) is 4.90. The highest BCUT2D eigenvalue weighted by Gasteiger charge is 2.07. The normalized spacial score (nSPS) is 10.7. The van der Waals surface area contributed by atoms with E-state index in [1.807, 2.05) is 6.07 Å². The lowest BCUT2D eigenvalue weighted by Gasteiger charge is -2.04. The lowest BCUT2D eigenvalue weighted by Crippen LogP contribution is -2.05. The van der Waals surface area contributed by atoms with Crippen LogP contribution >= 0.6 is 11.3 Å². The van der Waals surface area contributed by atoms with Crippen molar-refractivity contribution < 1.29 is 4.52 Å². The molecule has 21 heavy (non-hydrogen) atoms. The van der Waals surface area contributed by atoms with Gasteiger partial charge in [0.25, 0.3) is 0 Å². The molecule has 5 heteroatoms. The molecule has 0 spiro atoms. The molecule has 0 atom stereocenters. The number of nitrogens with zero attached hydrogens (tertiary/aromatic N) is 2. The lowest BCUT2D eigenvalue weighted by molar-refractivity contribution is 0.376. The summed E-state index contributed by atoms with van der Waals surface area (Å²) in [6.45, 7) is 2.86. The minimum Gasteiger partial charge on any atom is -0.385 e. The van der Waals surface area contributed by atoms with E-state index in [2.05, 4.69) is 58.1 Å². The number of rotatable bonds is 6. The zero-order valence-corrected chi connectivity index (χ0v) is 12.7. The molecule has 0 unspecified atom stereocenters. The van der Waals surface area contributed by atoms with Crippen LogP contribution in [0.3, 0.4) is 0 Å². The quantitative estimate of drug-likeness (QED) is 0.754. The minimum absolute atomic E-state index is 0.682. The van der Waals surface area contributed by atoms with Gasteiger partial charge in [-0.1, -0.05) is 28.9 Å². The van der Waals surface area contributed by atoms with Crippen LogP contribution in [0.25, 0.3) is 0 Å². The number of nitrogens with one attached hydrogen (secondary N) is 1. The minimum atomic E-state index is 0.682. The van der Waals surface area contributed by atoms with E-state index in [4.69, 9.17) is 4.52 Å². The first-order valence-corrected chi connectivity index (χ1v) is 7.82. The second-order valence-corrected chi connectivity index (χ2v) is 5.94. The lowest BCUT2D eigenvalue weighted by atomic mass is 10.2. The van der Waals surface area contributed by atoms with Crippen LogP contribution in [0.4, 0.5) is 5.69 Å². The SMILES string of the molecule is Cc1ccc(NCCc2nc(Cc3cccs3)no2)cc1. The molecule has 4 nitrogen and oxygen atoms in total. The molecule has 0 radical (unpaired) electrons. The van der Waals surface area contributed by atoms with Gasteiger partial charge in [-0.05, 0) is 30.5 Å². The van der Waals surface area contributed by atoms with Gasteiger partial charge in [-0.25, -0.2) is 0 Å². The Morgan fingerprint density at radius 3 is 2.81 bits per heavy atom. The van der Waals surface area contributed by atoms with Crippen LogP contribution < -0.4 is 5.32 Å². The number of thiophene rings is 1. The van der Waals surface area contributed by atoms with Crippen LogP contribution in [0.5, 0.6) is 0 Å². The molecule has 1 N–H and O–H groups in total. The van der Waals surface area contributed by atoms with Crippen molar-refractivity contribution in [2.24, 2.45) is 0 Å². The van der Waals surface area contributed by atoms with E-state index < -0.39 is 0 Å². The Labute approximate surface area is 127 Å². The Morgan fingerprint density at radius 1 is 1.19 bits per heavy atom. The first-order valence-electron chi connectivity index (χ1n) is 6.94. The fraction of sp³-hybridized carbons (Fsp3) is 0.250. The number of hydrogen-bond donors (Lipinski definition) is 1. The van der Waals surface area contributed by atoms with E-state index in [0.29, 0.717) is 5.89 Å². The van der Waals surface area contributed by atoms with Gasteiger partial charge in [0.2, 0.25) is 5.89 Å². The molecule has 0 saturated carbocycles. The van der Waals surface area contributed by atoms with Gasteiger partial charge < -0.3 is 9.84 Å². The smallest absolute Gasteiger partial charge is 0.228 e. The molecule has 2 heterocycles. The van der Waals surface area contributed by atoms with Crippen molar-refractivity contribution >= 4 is 17.0 Å². The topological polar surface area (TPSA) is 51.0 Å². The monoisotopic (exact) mass is 299 g/mol. The van der Waals surface area contributed by atoms with Gasteiger partial charge in [0.05, 0.1) is 0 Å². The molecule has 3 rings (SSSR count). The molecule has 0 amide bonds. The number of aryl methyl sites for hydroxylation is 1. The average Bonchev–Trinajstić information content (AvgIpc) is 3.14. The molecule has 0 fully saturated rings. The van der Waals surface area contributed by atoms with Gasteiger partial charge in [-0.15, -0.1) is 11.3 Å². The van der Waals surface area contributed by atoms with Crippen molar-refractivity contribution in [3.63, 3.8) is 0 Å². The third kappa shape index (κ3) is 3.92. The van der Waals surface area contributed by atoms with Crippen molar-refractivity contribution in [3.05, 3.63) is 63.9 Å². The van der Waals surface area contributed by atoms with E-state index in [1.54, 1.807) is 11.3 Å². The number of anilines is 1. The summed E-state index contributed by atoms with van der Waals surface area (Å²) in [4.78, 5) is 5.67. The Bertz CT molecular complexity index is 674. The number of hydrogen-bond acceptors (Lipinski definition) is 5. The molecule has 0 aliphatic heterocycles. The molecule has 0 bridgehead atoms. The zero-order chi connectivity index (χ0) is 14.5. The Morgan fingerprint density at radius 2 is 2.05 bits per heavy atom. The van der Waals surface area contributed by atoms with Gasteiger partial charge >= 0.3 is 0 Å². The Kier molecular flexibility index (Phi) is 4.31. The largest absolute Gasteiger partial charge is 0.385 e. The van der Waals surface area contributed by atoms with Crippen molar-refractivity contribution in [2.75, 3.05) is 11.9 Å². The molecule has 0 aliphatic rings. The molecule has 108 valence electrons. The van der Waals surface area contributed by atoms with E-state index in [0.717, 1.165) is 30.9 Å². The highest BCUT2D eigenvalue weighted by molar-refractivity contribution is 7.09. The first kappa shape index (κ1) is 13.8. The van der Waals surface area contributed by atoms with Crippen LogP contribution in [-0.2, 0) is 12.8 Å². The van der Waals surface area contributed by atoms with Crippen LogP contribution in [0, 0.1) is 6.92 Å². The molecule has 0 saturated heterocycles. The van der Waals surface area contributed by atoms with Crippen LogP contribution in [0.2, 0.25) is 0 Å². The fourth-order valence-electron chi connectivity index (χ4n) is 2.02. The Balaban J connectivity index is 1.49. The van der Waals surface area contributed by atoms with Crippen LogP contribution in [0.1, 0.15) is 22.2 Å². The van der Waals surface area contributed by atoms with Gasteiger partial charge in [-0.3, -0.25) is 0 Å². The molecule has 1 aromatic carbocycles. The summed E-state index contributed by atoms with van der Waals surface area (Å²) in [6.07, 6.45) is 1.47. The number of aromatic nitrogens is 2. The predicted molar refractivity (Wildman–Crippen MR) is 84.8 cm³/mol. The van der Waals surface area contributed by atoms with Crippen LogP contribution in [0.15, 0.2) is 46.3 Å². The maximum Gasteiger partial charge on any atom is 0.228 e. The average molecular weight is 299 g/mol. The maximum atomic E-state index is 5.27. The van der Waals surface area contributed by atoms with E-state index in [-0.39, 0.29) is 0 Å². The van der Waals surface area contributed by atoms with Gasteiger partial charge in [0.1, 0.15) is 0 Å². The third-order valence-electron chi connectivity index (χ3n) is 3.14. The highest BCUT2D eigenvalue weighted by Crippen LogP contribution is 2.13. The maximum absolute atomic E-state index is 5.27. The predicted octanol–water partition coefficient (Wildman–Crippen LogP) is 3.68. The summed E-state index contributed by atoms with van der Waals surface area (Å²) >= 11 is 1.71. The zero-order valence-electron chi connectivity index (χ0n) is 11.9. The van der Waals surface area contributed by atoms with Crippen LogP contribution in [-0.4, -0.2) is 16.7 Å². The van der Waals surface area contributed by atoms with E-state index in [9.17, 15) is 0 Å². The summed E-state index contributed by atoms with van der Waals surface area (Å²) in [6, 6.07) is 12.4. The summed E-state index contributed by atoms with van der Waals surface area (Å²) < 4.78 is 5.27. The van der Waals surface area contributed by atoms with Crippen molar-refractivity contribution in [1.29, 1.82) is 0 Å². The van der Waals surface area contributed by atoms with Gasteiger partial charge in [-0.2, -0.15) is 4.98 Å². The van der Waals surface area contributed by atoms with Gasteiger partial charge in [0.15, 0.2) is 5.82 Å². The summed E-state index contributed by atoms with van der Waals surface area (Å²) in [5.74, 6) is 1.43. The molecule has 3 aromatic rings. The molecular formula is C16H17N3OS. The number of benzene rings is 1. The van der Waals surface area contributed by atoms with E-state index in [1.165, 1.54) is 10.4 Å². The summed E-state index contributed by atoms with van der Waals surface area (Å²) in [7, 11) is 0. The second kappa shape index (κ2) is 6.54. The van der Waals surface area contributed by atoms with E-state index >= 15 is 0 Å². The summed E-state index contributed by atoms with van der Waals surface area (Å²) in [5.41, 5.74) is 2.37.